The summed E-state index contributed by atoms with van der Waals surface area (Å²) in [5.74, 6) is 0. The average molecular weight is 372 g/mol. The van der Waals surface area contributed by atoms with Gasteiger partial charge < -0.3 is 5.32 Å². The van der Waals surface area contributed by atoms with Crippen LogP contribution in [0.3, 0.4) is 0 Å². The highest BCUT2D eigenvalue weighted by Crippen LogP contribution is 2.29. The summed E-state index contributed by atoms with van der Waals surface area (Å²) in [6.45, 7) is 2.79. The van der Waals surface area contributed by atoms with Gasteiger partial charge in [0.1, 0.15) is 0 Å². The Morgan fingerprint density at radius 2 is 1.95 bits per heavy atom. The zero-order valence-corrected chi connectivity index (χ0v) is 14.6. The lowest BCUT2D eigenvalue weighted by atomic mass is 10.0. The normalized spacial score (nSPS) is 13.3. The van der Waals surface area contributed by atoms with E-state index in [0.29, 0.717) is 4.90 Å². The van der Waals surface area contributed by atoms with Gasteiger partial charge in [-0.3, -0.25) is 4.68 Å². The van der Waals surface area contributed by atoms with Crippen molar-refractivity contribution in [2.75, 3.05) is 13.3 Å². The number of hydrogen-bond donors (Lipinski definition) is 1. The van der Waals surface area contributed by atoms with Crippen LogP contribution in [-0.4, -0.2) is 31.5 Å². The number of halogens is 1. The lowest BCUT2D eigenvalue weighted by molar-refractivity contribution is 0.561. The molecule has 7 heteroatoms. The topological polar surface area (TPSA) is 64.0 Å². The van der Waals surface area contributed by atoms with Crippen LogP contribution in [0.15, 0.2) is 39.8 Å². The van der Waals surface area contributed by atoms with E-state index < -0.39 is 9.84 Å². The van der Waals surface area contributed by atoms with Crippen LogP contribution in [0.2, 0.25) is 0 Å². The zero-order valence-electron chi connectivity index (χ0n) is 12.2. The molecule has 1 N–H and O–H groups in total. The molecule has 114 valence electrons. The minimum Gasteiger partial charge on any atom is -0.308 e. The van der Waals surface area contributed by atoms with Gasteiger partial charge in [-0.05, 0) is 47.6 Å². The van der Waals surface area contributed by atoms with Crippen molar-refractivity contribution in [3.05, 3.63) is 46.2 Å². The molecule has 0 spiro atoms. The van der Waals surface area contributed by atoms with Crippen molar-refractivity contribution in [2.45, 2.75) is 24.4 Å². The monoisotopic (exact) mass is 371 g/mol. The molecule has 1 aromatic carbocycles. The Morgan fingerprint density at radius 3 is 2.43 bits per heavy atom. The van der Waals surface area contributed by atoms with E-state index in [-0.39, 0.29) is 6.04 Å². The summed E-state index contributed by atoms with van der Waals surface area (Å²) in [6, 6.07) is 6.87. The molecule has 1 atom stereocenters. The van der Waals surface area contributed by atoms with Crippen molar-refractivity contribution in [1.29, 1.82) is 0 Å². The molecule has 0 aliphatic heterocycles. The van der Waals surface area contributed by atoms with Gasteiger partial charge >= 0.3 is 0 Å². The van der Waals surface area contributed by atoms with Crippen LogP contribution in [-0.2, 0) is 16.4 Å². The number of benzene rings is 1. The van der Waals surface area contributed by atoms with Gasteiger partial charge in [-0.25, -0.2) is 8.42 Å². The molecule has 21 heavy (non-hydrogen) atoms. The van der Waals surface area contributed by atoms with E-state index in [2.05, 4.69) is 26.3 Å². The molecule has 2 aromatic rings. The highest BCUT2D eigenvalue weighted by atomic mass is 79.9. The lowest BCUT2D eigenvalue weighted by Crippen LogP contribution is -2.22. The van der Waals surface area contributed by atoms with Crippen molar-refractivity contribution in [1.82, 2.24) is 15.1 Å². The molecule has 1 heterocycles. The largest absolute Gasteiger partial charge is 0.308 e. The van der Waals surface area contributed by atoms with Gasteiger partial charge in [-0.2, -0.15) is 5.10 Å². The first kappa shape index (κ1) is 16.2. The Kier molecular flexibility index (Phi) is 4.85. The maximum Gasteiger partial charge on any atom is 0.175 e. The average Bonchev–Trinajstić information content (AvgIpc) is 2.81. The molecule has 0 fully saturated rings. The van der Waals surface area contributed by atoms with E-state index in [1.165, 1.54) is 6.26 Å². The van der Waals surface area contributed by atoms with Crippen LogP contribution in [0.1, 0.15) is 24.2 Å². The Bertz CT molecular complexity index is 723. The molecule has 1 aromatic heterocycles. The van der Waals surface area contributed by atoms with Gasteiger partial charge in [0.2, 0.25) is 0 Å². The van der Waals surface area contributed by atoms with Crippen molar-refractivity contribution in [3.8, 4) is 0 Å². The summed E-state index contributed by atoms with van der Waals surface area (Å²) in [4.78, 5) is 0.323. The van der Waals surface area contributed by atoms with E-state index in [0.717, 1.165) is 22.3 Å². The summed E-state index contributed by atoms with van der Waals surface area (Å²) in [7, 11) is -1.30. The maximum absolute atomic E-state index is 11.5. The van der Waals surface area contributed by atoms with Gasteiger partial charge in [0.25, 0.3) is 0 Å². The second kappa shape index (κ2) is 6.29. The number of hydrogen-bond acceptors (Lipinski definition) is 4. The summed E-state index contributed by atoms with van der Waals surface area (Å²) in [6.07, 6.45) is 2.98. The number of nitrogens with one attached hydrogen (secondary N) is 1. The molecule has 1 unspecified atom stereocenters. The van der Waals surface area contributed by atoms with Crippen molar-refractivity contribution < 1.29 is 8.42 Å². The predicted molar refractivity (Wildman–Crippen MR) is 86.1 cm³/mol. The molecule has 2 rings (SSSR count). The second-order valence-electron chi connectivity index (χ2n) is 4.76. The highest BCUT2D eigenvalue weighted by Gasteiger charge is 2.20. The predicted octanol–water partition coefficient (Wildman–Crippen LogP) is 2.38. The molecule has 0 bridgehead atoms. The highest BCUT2D eigenvalue weighted by molar-refractivity contribution is 9.10. The van der Waals surface area contributed by atoms with Gasteiger partial charge in [-0.15, -0.1) is 0 Å². The molecule has 0 saturated heterocycles. The van der Waals surface area contributed by atoms with E-state index in [1.807, 2.05) is 30.8 Å². The third-order valence-corrected chi connectivity index (χ3v) is 5.08. The fourth-order valence-electron chi connectivity index (χ4n) is 2.28. The fourth-order valence-corrected chi connectivity index (χ4v) is 3.44. The van der Waals surface area contributed by atoms with Gasteiger partial charge in [0, 0.05) is 12.8 Å². The van der Waals surface area contributed by atoms with E-state index >= 15 is 0 Å². The standard InChI is InChI=1S/C14H18BrN3O2S/c1-4-18-14(12(15)9-17-18)13(16-2)10-5-7-11(8-6-10)21(3,19)20/h5-9,13,16H,4H2,1-3H3. The summed E-state index contributed by atoms with van der Waals surface area (Å²) < 4.78 is 25.9. The lowest BCUT2D eigenvalue weighted by Gasteiger charge is -2.19. The summed E-state index contributed by atoms with van der Waals surface area (Å²) in [5, 5.41) is 7.57. The molecular weight excluding hydrogens is 354 g/mol. The number of sulfone groups is 1. The van der Waals surface area contributed by atoms with Gasteiger partial charge in [-0.1, -0.05) is 12.1 Å². The van der Waals surface area contributed by atoms with E-state index in [1.54, 1.807) is 18.3 Å². The van der Waals surface area contributed by atoms with E-state index in [9.17, 15) is 8.42 Å². The molecule has 0 amide bonds. The maximum atomic E-state index is 11.5. The van der Waals surface area contributed by atoms with Crippen LogP contribution >= 0.6 is 15.9 Å². The van der Waals surface area contributed by atoms with Crippen LogP contribution in [0.5, 0.6) is 0 Å². The van der Waals surface area contributed by atoms with Gasteiger partial charge in [0.15, 0.2) is 9.84 Å². The number of rotatable bonds is 5. The molecule has 0 saturated carbocycles. The molecule has 0 aliphatic carbocycles. The van der Waals surface area contributed by atoms with Crippen molar-refractivity contribution >= 4 is 25.8 Å². The summed E-state index contributed by atoms with van der Waals surface area (Å²) in [5.41, 5.74) is 2.01. The quantitative estimate of drug-likeness (QED) is 0.876. The van der Waals surface area contributed by atoms with Crippen LogP contribution in [0.4, 0.5) is 0 Å². The first-order valence-corrected chi connectivity index (χ1v) is 9.25. The first-order valence-electron chi connectivity index (χ1n) is 6.57. The van der Waals surface area contributed by atoms with Crippen LogP contribution < -0.4 is 5.32 Å². The summed E-state index contributed by atoms with van der Waals surface area (Å²) >= 11 is 3.52. The van der Waals surface area contributed by atoms with E-state index in [4.69, 9.17) is 0 Å². The second-order valence-corrected chi connectivity index (χ2v) is 7.63. The Balaban J connectivity index is 2.45. The fraction of sp³-hybridized carbons (Fsp3) is 0.357. The molecule has 0 radical (unpaired) electrons. The Labute approximate surface area is 133 Å². The third-order valence-electron chi connectivity index (χ3n) is 3.34. The van der Waals surface area contributed by atoms with Crippen LogP contribution in [0.25, 0.3) is 0 Å². The Morgan fingerprint density at radius 1 is 1.33 bits per heavy atom. The van der Waals surface area contributed by atoms with Crippen molar-refractivity contribution in [2.24, 2.45) is 0 Å². The number of aromatic nitrogens is 2. The number of nitrogens with zero attached hydrogens (tertiary/aromatic N) is 2. The minimum atomic E-state index is -3.17. The third kappa shape index (κ3) is 3.36. The molecule has 5 nitrogen and oxygen atoms in total. The smallest absolute Gasteiger partial charge is 0.175 e. The first-order chi connectivity index (χ1) is 9.88. The number of aryl methyl sites for hydroxylation is 1. The minimum absolute atomic E-state index is 0.0598. The SMILES string of the molecule is CCn1ncc(Br)c1C(NC)c1ccc(S(C)(=O)=O)cc1. The zero-order chi connectivity index (χ0) is 15.6. The molecular formula is C14H18BrN3O2S. The molecule has 0 aliphatic rings. The van der Waals surface area contributed by atoms with Crippen molar-refractivity contribution in [3.63, 3.8) is 0 Å². The van der Waals surface area contributed by atoms with Gasteiger partial charge in [0.05, 0.1) is 27.3 Å². The van der Waals surface area contributed by atoms with Crippen LogP contribution in [0, 0.1) is 0 Å². The Hall–Kier alpha value is -1.18.